The number of aromatic nitrogens is 2. The first-order chi connectivity index (χ1) is 10.1. The number of carbonyl (C=O) groups excluding carboxylic acids is 1. The fourth-order valence-corrected chi connectivity index (χ4v) is 1.74. The summed E-state index contributed by atoms with van der Waals surface area (Å²) in [5.41, 5.74) is 1.36. The molecule has 0 unspecified atom stereocenters. The van der Waals surface area contributed by atoms with E-state index >= 15 is 0 Å². The molecule has 0 spiro atoms. The zero-order valence-corrected chi connectivity index (χ0v) is 11.8. The van der Waals surface area contributed by atoms with Gasteiger partial charge in [0.1, 0.15) is 23.3 Å². The first-order valence-electron chi connectivity index (χ1n) is 6.42. The maximum absolute atomic E-state index is 11.8. The molecule has 6 nitrogen and oxygen atoms in total. The zero-order chi connectivity index (χ0) is 15.2. The van der Waals surface area contributed by atoms with Gasteiger partial charge in [-0.25, -0.2) is 4.98 Å². The van der Waals surface area contributed by atoms with Gasteiger partial charge in [-0.2, -0.15) is 5.26 Å². The van der Waals surface area contributed by atoms with Crippen LogP contribution < -0.4 is 10.1 Å². The summed E-state index contributed by atoms with van der Waals surface area (Å²) >= 11 is 0. The summed E-state index contributed by atoms with van der Waals surface area (Å²) in [6.07, 6.45) is 2.95. The molecule has 0 aliphatic carbocycles. The van der Waals surface area contributed by atoms with E-state index in [1.165, 1.54) is 12.4 Å². The van der Waals surface area contributed by atoms with Crippen LogP contribution in [0.15, 0.2) is 30.6 Å². The van der Waals surface area contributed by atoms with Crippen molar-refractivity contribution in [1.82, 2.24) is 15.3 Å². The van der Waals surface area contributed by atoms with Crippen molar-refractivity contribution in [2.75, 3.05) is 6.54 Å². The van der Waals surface area contributed by atoms with E-state index in [2.05, 4.69) is 15.3 Å². The summed E-state index contributed by atoms with van der Waals surface area (Å²) in [5, 5.41) is 11.5. The van der Waals surface area contributed by atoms with Gasteiger partial charge in [0.2, 0.25) is 0 Å². The van der Waals surface area contributed by atoms with E-state index < -0.39 is 0 Å². The molecular weight excluding hydrogens is 268 g/mol. The Bertz CT molecular complexity index is 707. The lowest BCUT2D eigenvalue weighted by Gasteiger charge is -2.08. The van der Waals surface area contributed by atoms with E-state index in [9.17, 15) is 4.79 Å². The van der Waals surface area contributed by atoms with Crippen LogP contribution in [0.1, 0.15) is 28.7 Å². The van der Waals surface area contributed by atoms with E-state index in [0.717, 1.165) is 0 Å². The van der Waals surface area contributed by atoms with Gasteiger partial charge in [0.05, 0.1) is 11.8 Å². The molecule has 2 aromatic heterocycles. The van der Waals surface area contributed by atoms with Gasteiger partial charge in [-0.05, 0) is 13.8 Å². The SMILES string of the molecule is CCNC(=O)c1cc(Oc2cncc(C#N)c2)cc(C)n1. The van der Waals surface area contributed by atoms with Gasteiger partial charge < -0.3 is 10.1 Å². The first kappa shape index (κ1) is 14.5. The minimum absolute atomic E-state index is 0.255. The van der Waals surface area contributed by atoms with Gasteiger partial charge in [-0.3, -0.25) is 9.78 Å². The van der Waals surface area contributed by atoms with Crippen molar-refractivity contribution < 1.29 is 9.53 Å². The van der Waals surface area contributed by atoms with Crippen molar-refractivity contribution in [1.29, 1.82) is 5.26 Å². The predicted octanol–water partition coefficient (Wildman–Crippen LogP) is 2.20. The highest BCUT2D eigenvalue weighted by Gasteiger charge is 2.10. The van der Waals surface area contributed by atoms with Crippen LogP contribution in [0.2, 0.25) is 0 Å². The molecule has 0 aromatic carbocycles. The standard InChI is InChI=1S/C15H14N4O2/c1-3-18-15(20)14-6-12(4-10(2)19-14)21-13-5-11(7-16)8-17-9-13/h4-6,8-9H,3H2,1-2H3,(H,18,20). The van der Waals surface area contributed by atoms with Crippen LogP contribution in [0.4, 0.5) is 0 Å². The third-order valence-corrected chi connectivity index (χ3v) is 2.57. The van der Waals surface area contributed by atoms with Gasteiger partial charge in [-0.1, -0.05) is 0 Å². The van der Waals surface area contributed by atoms with Gasteiger partial charge in [0, 0.05) is 36.6 Å². The minimum atomic E-state index is -0.255. The van der Waals surface area contributed by atoms with E-state index in [1.807, 2.05) is 13.0 Å². The summed E-state index contributed by atoms with van der Waals surface area (Å²) in [6, 6.07) is 6.83. The third kappa shape index (κ3) is 3.76. The van der Waals surface area contributed by atoms with Crippen LogP contribution in [-0.2, 0) is 0 Å². The normalized spacial score (nSPS) is 9.76. The van der Waals surface area contributed by atoms with Crippen molar-refractivity contribution in [2.24, 2.45) is 0 Å². The van der Waals surface area contributed by atoms with Gasteiger partial charge in [-0.15, -0.1) is 0 Å². The van der Waals surface area contributed by atoms with E-state index in [-0.39, 0.29) is 11.6 Å². The summed E-state index contributed by atoms with van der Waals surface area (Å²) < 4.78 is 5.64. The molecule has 0 bridgehead atoms. The summed E-state index contributed by atoms with van der Waals surface area (Å²) in [5.74, 6) is 0.650. The molecule has 21 heavy (non-hydrogen) atoms. The number of rotatable bonds is 4. The molecule has 6 heteroatoms. The average molecular weight is 282 g/mol. The largest absolute Gasteiger partial charge is 0.456 e. The molecule has 0 saturated heterocycles. The summed E-state index contributed by atoms with van der Waals surface area (Å²) in [7, 11) is 0. The quantitative estimate of drug-likeness (QED) is 0.928. The lowest BCUT2D eigenvalue weighted by atomic mass is 10.2. The zero-order valence-electron chi connectivity index (χ0n) is 11.8. The molecule has 0 fully saturated rings. The summed E-state index contributed by atoms with van der Waals surface area (Å²) in [6.45, 7) is 4.14. The Hall–Kier alpha value is -2.94. The number of aryl methyl sites for hydroxylation is 1. The van der Waals surface area contributed by atoms with Crippen molar-refractivity contribution in [3.05, 3.63) is 47.5 Å². The highest BCUT2D eigenvalue weighted by molar-refractivity contribution is 5.92. The van der Waals surface area contributed by atoms with Crippen molar-refractivity contribution in [3.63, 3.8) is 0 Å². The van der Waals surface area contributed by atoms with Crippen molar-refractivity contribution in [2.45, 2.75) is 13.8 Å². The fourth-order valence-electron chi connectivity index (χ4n) is 1.74. The first-order valence-corrected chi connectivity index (χ1v) is 6.42. The molecular formula is C15H14N4O2. The molecule has 0 aliphatic rings. The highest BCUT2D eigenvalue weighted by Crippen LogP contribution is 2.22. The maximum atomic E-state index is 11.8. The Morgan fingerprint density at radius 2 is 2.14 bits per heavy atom. The molecule has 2 aromatic rings. The average Bonchev–Trinajstić information content (AvgIpc) is 2.47. The molecule has 2 rings (SSSR count). The molecule has 0 saturated carbocycles. The second kappa shape index (κ2) is 6.48. The Balaban J connectivity index is 2.27. The van der Waals surface area contributed by atoms with Gasteiger partial charge in [0.25, 0.3) is 5.91 Å². The number of pyridine rings is 2. The highest BCUT2D eigenvalue weighted by atomic mass is 16.5. The van der Waals surface area contributed by atoms with Crippen LogP contribution in [-0.4, -0.2) is 22.4 Å². The fraction of sp³-hybridized carbons (Fsp3) is 0.200. The number of ether oxygens (including phenoxy) is 1. The van der Waals surface area contributed by atoms with Crippen molar-refractivity contribution >= 4 is 5.91 Å². The van der Waals surface area contributed by atoms with Crippen LogP contribution in [0.3, 0.4) is 0 Å². The van der Waals surface area contributed by atoms with Gasteiger partial charge >= 0.3 is 0 Å². The number of nitrogens with one attached hydrogen (secondary N) is 1. The second-order valence-corrected chi connectivity index (χ2v) is 4.31. The smallest absolute Gasteiger partial charge is 0.270 e. The van der Waals surface area contributed by atoms with E-state index in [1.54, 1.807) is 25.1 Å². The molecule has 0 atom stereocenters. The van der Waals surface area contributed by atoms with Gasteiger partial charge in [0.15, 0.2) is 0 Å². The van der Waals surface area contributed by atoms with Crippen LogP contribution in [0.25, 0.3) is 0 Å². The van der Waals surface area contributed by atoms with E-state index in [0.29, 0.717) is 29.3 Å². The number of hydrogen-bond donors (Lipinski definition) is 1. The minimum Gasteiger partial charge on any atom is -0.456 e. The van der Waals surface area contributed by atoms with Crippen LogP contribution in [0, 0.1) is 18.3 Å². The second-order valence-electron chi connectivity index (χ2n) is 4.31. The van der Waals surface area contributed by atoms with E-state index in [4.69, 9.17) is 10.00 Å². The number of hydrogen-bond acceptors (Lipinski definition) is 5. The number of nitrogens with zero attached hydrogens (tertiary/aromatic N) is 3. The molecule has 0 radical (unpaired) electrons. The Morgan fingerprint density at radius 1 is 1.33 bits per heavy atom. The number of amides is 1. The maximum Gasteiger partial charge on any atom is 0.270 e. The Labute approximate surface area is 122 Å². The van der Waals surface area contributed by atoms with Crippen molar-refractivity contribution in [3.8, 4) is 17.6 Å². The van der Waals surface area contributed by atoms with Crippen LogP contribution in [0.5, 0.6) is 11.5 Å². The third-order valence-electron chi connectivity index (χ3n) is 2.57. The molecule has 1 amide bonds. The Kier molecular flexibility index (Phi) is 4.46. The number of nitriles is 1. The Morgan fingerprint density at radius 3 is 2.86 bits per heavy atom. The molecule has 0 aliphatic heterocycles. The molecule has 1 N–H and O–H groups in total. The predicted molar refractivity (Wildman–Crippen MR) is 76.0 cm³/mol. The lowest BCUT2D eigenvalue weighted by Crippen LogP contribution is -2.23. The monoisotopic (exact) mass is 282 g/mol. The molecule has 106 valence electrons. The number of carbonyl (C=O) groups is 1. The topological polar surface area (TPSA) is 87.9 Å². The lowest BCUT2D eigenvalue weighted by molar-refractivity contribution is 0.0950. The molecule has 2 heterocycles. The summed E-state index contributed by atoms with van der Waals surface area (Å²) in [4.78, 5) is 19.9. The van der Waals surface area contributed by atoms with Crippen LogP contribution >= 0.6 is 0 Å².